The summed E-state index contributed by atoms with van der Waals surface area (Å²) in [6.45, 7) is 7.95. The topological polar surface area (TPSA) is 103 Å². The molecular weight excluding hydrogens is 510 g/mol. The zero-order valence-electron chi connectivity index (χ0n) is 23.5. The van der Waals surface area contributed by atoms with Crippen LogP contribution in [-0.2, 0) is 24.4 Å². The molecule has 9 nitrogen and oxygen atoms in total. The highest BCUT2D eigenvalue weighted by Crippen LogP contribution is 2.37. The van der Waals surface area contributed by atoms with Gasteiger partial charge < -0.3 is 29.4 Å². The molecule has 2 heterocycles. The third-order valence-corrected chi connectivity index (χ3v) is 7.38. The second-order valence-corrected chi connectivity index (χ2v) is 9.76. The minimum absolute atomic E-state index is 0.0205. The molecule has 9 heteroatoms. The molecule has 0 saturated carbocycles. The highest BCUT2D eigenvalue weighted by molar-refractivity contribution is 6.00. The number of anilines is 1. The number of benzene rings is 3. The normalized spacial score (nSPS) is 14.3. The maximum absolute atomic E-state index is 13.8. The predicted molar refractivity (Wildman–Crippen MR) is 153 cm³/mol. The van der Waals surface area contributed by atoms with Crippen molar-refractivity contribution in [3.05, 3.63) is 82.9 Å². The lowest BCUT2D eigenvalue weighted by molar-refractivity contribution is -0.137. The highest BCUT2D eigenvalue weighted by Gasteiger charge is 2.34. The highest BCUT2D eigenvalue weighted by atomic mass is 17.1. The van der Waals surface area contributed by atoms with Gasteiger partial charge in [-0.25, -0.2) is 5.26 Å². The average Bonchev–Trinajstić information content (AvgIpc) is 2.95. The Morgan fingerprint density at radius 3 is 2.42 bits per heavy atom. The minimum atomic E-state index is -0.371. The number of hydrogen-bond donors (Lipinski definition) is 2. The van der Waals surface area contributed by atoms with E-state index in [0.717, 1.165) is 16.8 Å². The number of likely N-dealkylation sites (tertiary alicyclic amines) is 1. The summed E-state index contributed by atoms with van der Waals surface area (Å²) < 4.78 is 5.93. The first-order valence-corrected chi connectivity index (χ1v) is 13.6. The van der Waals surface area contributed by atoms with Crippen LogP contribution in [0.25, 0.3) is 0 Å². The summed E-state index contributed by atoms with van der Waals surface area (Å²) >= 11 is 0. The van der Waals surface area contributed by atoms with Crippen molar-refractivity contribution in [2.45, 2.75) is 46.4 Å². The third kappa shape index (κ3) is 5.99. The molecular formula is C31H37N3O6. The fourth-order valence-corrected chi connectivity index (χ4v) is 5.07. The summed E-state index contributed by atoms with van der Waals surface area (Å²) in [4.78, 5) is 35.5. The molecule has 0 radical (unpaired) electrons. The van der Waals surface area contributed by atoms with Gasteiger partial charge in [0, 0.05) is 58.0 Å². The molecule has 0 atom stereocenters. The number of rotatable bonds is 7. The minimum Gasteiger partial charge on any atom is -0.507 e. The molecule has 0 bridgehead atoms. The van der Waals surface area contributed by atoms with Crippen molar-refractivity contribution in [1.82, 2.24) is 9.80 Å². The summed E-state index contributed by atoms with van der Waals surface area (Å²) in [6.07, 6.45) is 0.672. The van der Waals surface area contributed by atoms with Crippen LogP contribution >= 0.6 is 0 Å². The number of aromatic hydroxyl groups is 1. The number of carbonyl (C=O) groups is 2. The third-order valence-electron chi connectivity index (χ3n) is 7.38. The van der Waals surface area contributed by atoms with Gasteiger partial charge >= 0.3 is 0 Å². The Morgan fingerprint density at radius 1 is 1.02 bits per heavy atom. The van der Waals surface area contributed by atoms with Crippen LogP contribution in [0.15, 0.2) is 60.7 Å². The summed E-state index contributed by atoms with van der Waals surface area (Å²) in [7, 11) is 2.02. The Hall–Kier alpha value is -4.24. The van der Waals surface area contributed by atoms with E-state index in [1.807, 2.05) is 68.3 Å². The van der Waals surface area contributed by atoms with Gasteiger partial charge in [0.15, 0.2) is 5.75 Å². The number of hydrogen-bond acceptors (Lipinski definition) is 7. The molecule has 40 heavy (non-hydrogen) atoms. The van der Waals surface area contributed by atoms with Crippen LogP contribution in [-0.4, -0.2) is 64.7 Å². The van der Waals surface area contributed by atoms with Crippen molar-refractivity contribution in [3.63, 3.8) is 0 Å². The zero-order valence-corrected chi connectivity index (χ0v) is 23.5. The van der Waals surface area contributed by atoms with Gasteiger partial charge in [0.2, 0.25) is 5.91 Å². The monoisotopic (exact) mass is 547 g/mol. The number of phenolic OH excluding ortho intramolecular Hbond substituents is 1. The van der Waals surface area contributed by atoms with Gasteiger partial charge in [-0.3, -0.25) is 9.59 Å². The number of amides is 2. The van der Waals surface area contributed by atoms with Crippen LogP contribution in [0, 0.1) is 0 Å². The smallest absolute Gasteiger partial charge is 0.261 e. The largest absolute Gasteiger partial charge is 0.507 e. The first-order chi connectivity index (χ1) is 19.4. The molecule has 1 fully saturated rings. The lowest BCUT2D eigenvalue weighted by Crippen LogP contribution is -2.60. The Bertz CT molecular complexity index is 1340. The van der Waals surface area contributed by atoms with E-state index < -0.39 is 0 Å². The van der Waals surface area contributed by atoms with Crippen LogP contribution in [0.1, 0.15) is 47.8 Å². The molecule has 0 spiro atoms. The Labute approximate surface area is 235 Å². The van der Waals surface area contributed by atoms with Crippen molar-refractivity contribution in [3.8, 4) is 17.2 Å². The number of nitrogens with zero attached hydrogens (tertiary/aromatic N) is 3. The van der Waals surface area contributed by atoms with Crippen LogP contribution < -0.4 is 14.5 Å². The van der Waals surface area contributed by atoms with Crippen LogP contribution in [0.3, 0.4) is 0 Å². The van der Waals surface area contributed by atoms with Gasteiger partial charge in [0.25, 0.3) is 5.91 Å². The second-order valence-electron chi connectivity index (χ2n) is 9.76. The number of ether oxygens (including phenoxy) is 1. The molecule has 212 valence electrons. The Balaban J connectivity index is 0.00000181. The molecule has 5 rings (SSSR count). The maximum atomic E-state index is 13.8. The van der Waals surface area contributed by atoms with Gasteiger partial charge in [-0.05, 0) is 29.2 Å². The fourth-order valence-electron chi connectivity index (χ4n) is 5.07. The first kappa shape index (κ1) is 28.8. The maximum Gasteiger partial charge on any atom is 0.261 e. The molecule has 0 aromatic heterocycles. The molecule has 0 aliphatic carbocycles. The standard InChI is InChI=1S/C29H31N3O6.C2H6/c1-19(33)32-15-22(16-32)30(2)25-10-6-9-21-11-12-31(17-24(21)25)29(35)28-26(34)13-23(38-36)14-27(28)37-18-20-7-4-3-5-8-20;1-2/h3-10,13-14,22,34,36H,11-12,15-18H2,1-2H3;1-2H3. The van der Waals surface area contributed by atoms with Gasteiger partial charge in [-0.15, -0.1) is 0 Å². The van der Waals surface area contributed by atoms with Crippen LogP contribution in [0.2, 0.25) is 0 Å². The number of fused-ring (bicyclic) bond motifs is 1. The number of phenols is 1. The molecule has 3 aromatic carbocycles. The van der Waals surface area contributed by atoms with Gasteiger partial charge in [0.05, 0.1) is 6.04 Å². The molecule has 1 saturated heterocycles. The lowest BCUT2D eigenvalue weighted by Gasteiger charge is -2.45. The Kier molecular flexibility index (Phi) is 9.16. The van der Waals surface area contributed by atoms with Crippen molar-refractivity contribution in [2.75, 3.05) is 31.6 Å². The van der Waals surface area contributed by atoms with Gasteiger partial charge in [0.1, 0.15) is 23.7 Å². The molecule has 3 aromatic rings. The molecule has 0 unspecified atom stereocenters. The van der Waals surface area contributed by atoms with E-state index in [9.17, 15) is 14.7 Å². The van der Waals surface area contributed by atoms with Crippen molar-refractivity contribution in [2.24, 2.45) is 0 Å². The van der Waals surface area contributed by atoms with Gasteiger partial charge in [-0.2, -0.15) is 0 Å². The molecule has 2 aliphatic heterocycles. The summed E-state index contributed by atoms with van der Waals surface area (Å²) in [6, 6.07) is 18.4. The zero-order chi connectivity index (χ0) is 28.8. The SMILES string of the molecule is CC.CC(=O)N1CC(N(C)c2cccc3c2CN(C(=O)c2c(O)cc(OO)cc2OCc2ccccc2)CC3)C1. The summed E-state index contributed by atoms with van der Waals surface area (Å²) in [5.41, 5.74) is 4.17. The fraction of sp³-hybridized carbons (Fsp3) is 0.355. The molecule has 2 N–H and O–H groups in total. The second kappa shape index (κ2) is 12.7. The molecule has 2 aliphatic rings. The van der Waals surface area contributed by atoms with Crippen molar-refractivity contribution in [1.29, 1.82) is 0 Å². The van der Waals surface area contributed by atoms with Crippen molar-refractivity contribution < 1.29 is 29.6 Å². The summed E-state index contributed by atoms with van der Waals surface area (Å²) in [5.74, 6) is -0.540. The van der Waals surface area contributed by atoms with E-state index in [4.69, 9.17) is 9.99 Å². The Morgan fingerprint density at radius 2 is 1.75 bits per heavy atom. The van der Waals surface area contributed by atoms with E-state index in [0.29, 0.717) is 32.6 Å². The number of likely N-dealkylation sites (N-methyl/N-ethyl adjacent to an activating group) is 1. The summed E-state index contributed by atoms with van der Waals surface area (Å²) in [5, 5.41) is 19.9. The molecule has 2 amide bonds. The van der Waals surface area contributed by atoms with Crippen molar-refractivity contribution >= 4 is 17.5 Å². The van der Waals surface area contributed by atoms with E-state index in [1.165, 1.54) is 17.7 Å². The quantitative estimate of drug-likeness (QED) is 0.326. The van der Waals surface area contributed by atoms with E-state index in [-0.39, 0.29) is 47.3 Å². The lowest BCUT2D eigenvalue weighted by atomic mass is 9.95. The average molecular weight is 548 g/mol. The van der Waals surface area contributed by atoms with E-state index in [1.54, 1.807) is 11.8 Å². The predicted octanol–water partition coefficient (Wildman–Crippen LogP) is 4.71. The van der Waals surface area contributed by atoms with Crippen LogP contribution in [0.5, 0.6) is 17.2 Å². The van der Waals surface area contributed by atoms with E-state index >= 15 is 0 Å². The number of carbonyl (C=O) groups excluding carboxylic acids is 2. The van der Waals surface area contributed by atoms with E-state index in [2.05, 4.69) is 15.9 Å². The van der Waals surface area contributed by atoms with Crippen LogP contribution in [0.4, 0.5) is 5.69 Å². The van der Waals surface area contributed by atoms with Gasteiger partial charge in [-0.1, -0.05) is 56.3 Å². The first-order valence-electron chi connectivity index (χ1n) is 13.6.